The van der Waals surface area contributed by atoms with Crippen LogP contribution in [0.1, 0.15) is 29.5 Å². The predicted octanol–water partition coefficient (Wildman–Crippen LogP) is 4.66. The number of likely N-dealkylation sites (tertiary alicyclic amines) is 1. The molecule has 3 aromatic carbocycles. The van der Waals surface area contributed by atoms with Gasteiger partial charge < -0.3 is 5.32 Å². The van der Waals surface area contributed by atoms with E-state index in [2.05, 4.69) is 101 Å². The van der Waals surface area contributed by atoms with Crippen molar-refractivity contribution in [2.75, 3.05) is 19.6 Å². The lowest BCUT2D eigenvalue weighted by Gasteiger charge is -2.44. The van der Waals surface area contributed by atoms with Crippen LogP contribution in [0.15, 0.2) is 91.0 Å². The van der Waals surface area contributed by atoms with Crippen molar-refractivity contribution in [1.82, 2.24) is 10.2 Å². The number of piperidine rings is 1. The van der Waals surface area contributed by atoms with Crippen LogP contribution in [0.4, 0.5) is 0 Å². The van der Waals surface area contributed by atoms with Gasteiger partial charge in [-0.1, -0.05) is 91.0 Å². The fourth-order valence-electron chi connectivity index (χ4n) is 5.41. The van der Waals surface area contributed by atoms with Crippen molar-refractivity contribution in [3.05, 3.63) is 108 Å². The highest BCUT2D eigenvalue weighted by Gasteiger charge is 2.48. The molecule has 5 rings (SSSR count). The topological polar surface area (TPSA) is 15.3 Å². The molecule has 2 aliphatic heterocycles. The number of hydrogen-bond acceptors (Lipinski definition) is 2. The molecule has 2 heterocycles. The Morgan fingerprint density at radius 1 is 0.679 bits per heavy atom. The maximum Gasteiger partial charge on any atom is 0.0973 e. The van der Waals surface area contributed by atoms with Crippen LogP contribution < -0.4 is 5.32 Å². The van der Waals surface area contributed by atoms with Gasteiger partial charge in [0.2, 0.25) is 0 Å². The molecule has 0 bridgehead atoms. The van der Waals surface area contributed by atoms with Crippen LogP contribution in [-0.2, 0) is 5.54 Å². The van der Waals surface area contributed by atoms with Crippen molar-refractivity contribution in [3.8, 4) is 0 Å². The average Bonchev–Trinajstić information content (AvgIpc) is 3.21. The molecule has 2 heteroatoms. The highest BCUT2D eigenvalue weighted by atomic mass is 15.3. The van der Waals surface area contributed by atoms with Crippen molar-refractivity contribution >= 4 is 0 Å². The Hall–Kier alpha value is -2.42. The summed E-state index contributed by atoms with van der Waals surface area (Å²) >= 11 is 0. The van der Waals surface area contributed by atoms with Crippen LogP contribution in [0.3, 0.4) is 0 Å². The molecular weight excluding hydrogens is 340 g/mol. The van der Waals surface area contributed by atoms with E-state index < -0.39 is 0 Å². The highest BCUT2D eigenvalue weighted by molar-refractivity contribution is 5.50. The molecule has 3 aromatic rings. The van der Waals surface area contributed by atoms with E-state index in [4.69, 9.17) is 0 Å². The third-order valence-corrected chi connectivity index (χ3v) is 6.65. The smallest absolute Gasteiger partial charge is 0.0973 e. The summed E-state index contributed by atoms with van der Waals surface area (Å²) in [5.41, 5.74) is 3.80. The molecule has 1 N–H and O–H groups in total. The minimum absolute atomic E-state index is 0.261. The van der Waals surface area contributed by atoms with Gasteiger partial charge in [0.1, 0.15) is 0 Å². The largest absolute Gasteiger partial charge is 0.312 e. The molecule has 0 aliphatic carbocycles. The number of fused-ring (bicyclic) bond motifs is 1. The molecule has 2 atom stereocenters. The molecule has 0 aromatic heterocycles. The van der Waals surface area contributed by atoms with Gasteiger partial charge in [0.15, 0.2) is 0 Å². The van der Waals surface area contributed by atoms with Gasteiger partial charge in [0.05, 0.1) is 5.54 Å². The lowest BCUT2D eigenvalue weighted by molar-refractivity contribution is 0.189. The van der Waals surface area contributed by atoms with Gasteiger partial charge in [0, 0.05) is 19.1 Å². The van der Waals surface area contributed by atoms with E-state index in [0.717, 1.165) is 25.6 Å². The summed E-state index contributed by atoms with van der Waals surface area (Å²) in [5, 5.41) is 3.80. The van der Waals surface area contributed by atoms with Crippen LogP contribution in [0, 0.1) is 5.92 Å². The van der Waals surface area contributed by atoms with Gasteiger partial charge in [-0.15, -0.1) is 0 Å². The van der Waals surface area contributed by atoms with Crippen molar-refractivity contribution in [3.63, 3.8) is 0 Å². The summed E-state index contributed by atoms with van der Waals surface area (Å²) in [7, 11) is 0. The Bertz CT molecular complexity index is 781. The van der Waals surface area contributed by atoms with Crippen LogP contribution in [0.25, 0.3) is 0 Å². The zero-order valence-electron chi connectivity index (χ0n) is 16.3. The predicted molar refractivity (Wildman–Crippen MR) is 115 cm³/mol. The van der Waals surface area contributed by atoms with Crippen LogP contribution in [-0.4, -0.2) is 30.6 Å². The molecule has 2 saturated heterocycles. The summed E-state index contributed by atoms with van der Waals surface area (Å²) in [6.45, 7) is 3.38. The van der Waals surface area contributed by atoms with Crippen LogP contribution in [0.5, 0.6) is 0 Å². The molecule has 0 spiro atoms. The Morgan fingerprint density at radius 3 is 1.64 bits per heavy atom. The molecule has 2 aliphatic rings. The Kier molecular flexibility index (Phi) is 4.76. The normalized spacial score (nSPS) is 22.7. The maximum absolute atomic E-state index is 3.80. The van der Waals surface area contributed by atoms with Gasteiger partial charge >= 0.3 is 0 Å². The molecule has 0 saturated carbocycles. The number of hydrogen-bond donors (Lipinski definition) is 1. The molecule has 0 radical (unpaired) electrons. The monoisotopic (exact) mass is 368 g/mol. The fourth-order valence-corrected chi connectivity index (χ4v) is 5.41. The van der Waals surface area contributed by atoms with E-state index >= 15 is 0 Å². The second-order valence-corrected chi connectivity index (χ2v) is 8.18. The van der Waals surface area contributed by atoms with E-state index in [1.54, 1.807) is 0 Å². The molecule has 28 heavy (non-hydrogen) atoms. The standard InChI is InChI=1S/C26H28N2/c1-4-12-22(13-5-1)26(23-14-6-2-7-15-23,24-16-8-3-9-17-24)28-19-21-11-10-18-27-25(21)20-28/h1-9,12-17,21,25,27H,10-11,18-20H2/t21-,25+/m1/s1. The number of nitrogens with one attached hydrogen (secondary N) is 1. The molecular formula is C26H28N2. The Morgan fingerprint density at radius 2 is 1.18 bits per heavy atom. The van der Waals surface area contributed by atoms with Gasteiger partial charge in [-0.05, 0) is 42.0 Å². The molecule has 2 nitrogen and oxygen atoms in total. The first-order valence-electron chi connectivity index (χ1n) is 10.5. The van der Waals surface area contributed by atoms with Crippen molar-refractivity contribution in [2.45, 2.75) is 24.4 Å². The molecule has 0 unspecified atom stereocenters. The van der Waals surface area contributed by atoms with Gasteiger partial charge in [-0.2, -0.15) is 0 Å². The van der Waals surface area contributed by atoms with Gasteiger partial charge in [0.25, 0.3) is 0 Å². The molecule has 142 valence electrons. The summed E-state index contributed by atoms with van der Waals surface area (Å²) < 4.78 is 0. The van der Waals surface area contributed by atoms with Crippen molar-refractivity contribution < 1.29 is 0 Å². The van der Waals surface area contributed by atoms with Crippen LogP contribution >= 0.6 is 0 Å². The Balaban J connectivity index is 1.73. The van der Waals surface area contributed by atoms with E-state index in [1.807, 2.05) is 0 Å². The lowest BCUT2D eigenvalue weighted by atomic mass is 9.75. The fraction of sp³-hybridized carbons (Fsp3) is 0.308. The first kappa shape index (κ1) is 17.7. The zero-order valence-corrected chi connectivity index (χ0v) is 16.3. The number of nitrogens with zero attached hydrogens (tertiary/aromatic N) is 1. The minimum atomic E-state index is -0.261. The highest BCUT2D eigenvalue weighted by Crippen LogP contribution is 2.45. The minimum Gasteiger partial charge on any atom is -0.312 e. The third-order valence-electron chi connectivity index (χ3n) is 6.65. The summed E-state index contributed by atoms with van der Waals surface area (Å²) in [4.78, 5) is 2.74. The van der Waals surface area contributed by atoms with Crippen molar-refractivity contribution in [1.29, 1.82) is 0 Å². The number of benzene rings is 3. The van der Waals surface area contributed by atoms with Gasteiger partial charge in [-0.25, -0.2) is 0 Å². The number of rotatable bonds is 4. The average molecular weight is 369 g/mol. The zero-order chi connectivity index (χ0) is 18.8. The van der Waals surface area contributed by atoms with E-state index in [0.29, 0.717) is 6.04 Å². The lowest BCUT2D eigenvalue weighted by Crippen LogP contribution is -2.48. The Labute approximate surface area is 168 Å². The van der Waals surface area contributed by atoms with E-state index in [1.165, 1.54) is 29.5 Å². The van der Waals surface area contributed by atoms with Gasteiger partial charge in [-0.3, -0.25) is 4.90 Å². The van der Waals surface area contributed by atoms with E-state index in [-0.39, 0.29) is 5.54 Å². The quantitative estimate of drug-likeness (QED) is 0.674. The van der Waals surface area contributed by atoms with Crippen LogP contribution in [0.2, 0.25) is 0 Å². The summed E-state index contributed by atoms with van der Waals surface area (Å²) in [6, 6.07) is 33.8. The molecule has 0 amide bonds. The maximum atomic E-state index is 3.80. The first-order valence-corrected chi connectivity index (χ1v) is 10.5. The first-order chi connectivity index (χ1) is 13.9. The summed E-state index contributed by atoms with van der Waals surface area (Å²) in [6.07, 6.45) is 2.63. The summed E-state index contributed by atoms with van der Waals surface area (Å²) in [5.74, 6) is 0.740. The van der Waals surface area contributed by atoms with E-state index in [9.17, 15) is 0 Å². The second-order valence-electron chi connectivity index (χ2n) is 8.18. The van der Waals surface area contributed by atoms with Crippen molar-refractivity contribution in [2.24, 2.45) is 5.92 Å². The second kappa shape index (κ2) is 7.54. The third kappa shape index (κ3) is 2.88. The SMILES string of the molecule is c1ccc(C(c2ccccc2)(c2ccccc2)N2C[C@H]3CCCN[C@H]3C2)cc1. The molecule has 2 fully saturated rings.